The molecule has 1 aromatic rings. The van der Waals surface area contributed by atoms with Crippen LogP contribution in [0.5, 0.6) is 0 Å². The lowest BCUT2D eigenvalue weighted by Gasteiger charge is -2.40. The molecule has 3 amide bonds. The third-order valence-electron chi connectivity index (χ3n) is 5.94. The Kier molecular flexibility index (Phi) is 6.70. The van der Waals surface area contributed by atoms with Crippen LogP contribution in [0.15, 0.2) is 24.3 Å². The van der Waals surface area contributed by atoms with Crippen molar-refractivity contribution in [1.29, 1.82) is 0 Å². The number of rotatable bonds is 4. The standard InChI is InChI=1S/C22H31N3O3/c1-3-20(26)25-13-7-6-10-19(25)22(28)24-14-11-17(12-15-24)23-21(27)18-9-5-4-8-16(18)2/h4-5,8-9,17,19H,3,6-7,10-15H2,1-2H3,(H,23,27)/t19-/m1/s1. The smallest absolute Gasteiger partial charge is 0.251 e. The normalized spacial score (nSPS) is 20.7. The van der Waals surface area contributed by atoms with Crippen molar-refractivity contribution in [3.63, 3.8) is 0 Å². The van der Waals surface area contributed by atoms with Crippen molar-refractivity contribution in [3.05, 3.63) is 35.4 Å². The van der Waals surface area contributed by atoms with E-state index in [0.29, 0.717) is 31.6 Å². The number of carbonyl (C=O) groups excluding carboxylic acids is 3. The van der Waals surface area contributed by atoms with Crippen molar-refractivity contribution < 1.29 is 14.4 Å². The number of amides is 3. The summed E-state index contributed by atoms with van der Waals surface area (Å²) < 4.78 is 0. The minimum Gasteiger partial charge on any atom is -0.349 e. The highest BCUT2D eigenvalue weighted by Crippen LogP contribution is 2.22. The van der Waals surface area contributed by atoms with E-state index in [1.807, 2.05) is 43.0 Å². The third-order valence-corrected chi connectivity index (χ3v) is 5.94. The molecule has 3 rings (SSSR count). The van der Waals surface area contributed by atoms with Crippen molar-refractivity contribution in [2.75, 3.05) is 19.6 Å². The maximum atomic E-state index is 13.0. The number of piperidine rings is 2. The molecule has 2 fully saturated rings. The Morgan fingerprint density at radius 3 is 2.43 bits per heavy atom. The lowest BCUT2D eigenvalue weighted by Crippen LogP contribution is -2.55. The van der Waals surface area contributed by atoms with E-state index in [-0.39, 0.29) is 29.8 Å². The zero-order chi connectivity index (χ0) is 20.1. The minimum absolute atomic E-state index is 0.0464. The van der Waals surface area contributed by atoms with E-state index in [9.17, 15) is 14.4 Å². The van der Waals surface area contributed by atoms with Crippen LogP contribution in [0.1, 0.15) is 61.4 Å². The highest BCUT2D eigenvalue weighted by Gasteiger charge is 2.35. The van der Waals surface area contributed by atoms with E-state index in [1.165, 1.54) is 0 Å². The van der Waals surface area contributed by atoms with E-state index in [4.69, 9.17) is 0 Å². The predicted molar refractivity (Wildman–Crippen MR) is 108 cm³/mol. The van der Waals surface area contributed by atoms with Crippen LogP contribution >= 0.6 is 0 Å². The Morgan fingerprint density at radius 2 is 1.75 bits per heavy atom. The molecule has 2 aliphatic heterocycles. The zero-order valence-electron chi connectivity index (χ0n) is 16.9. The average Bonchev–Trinajstić information content (AvgIpc) is 2.73. The number of nitrogens with one attached hydrogen (secondary N) is 1. The molecule has 1 aromatic carbocycles. The molecule has 6 nitrogen and oxygen atoms in total. The van der Waals surface area contributed by atoms with Gasteiger partial charge in [0.25, 0.3) is 5.91 Å². The number of hydrogen-bond acceptors (Lipinski definition) is 3. The molecule has 0 bridgehead atoms. The Hall–Kier alpha value is -2.37. The van der Waals surface area contributed by atoms with Crippen molar-refractivity contribution in [2.24, 2.45) is 0 Å². The van der Waals surface area contributed by atoms with E-state index < -0.39 is 0 Å². The summed E-state index contributed by atoms with van der Waals surface area (Å²) in [4.78, 5) is 41.4. The summed E-state index contributed by atoms with van der Waals surface area (Å²) in [6.07, 6.45) is 4.66. The van der Waals surface area contributed by atoms with Gasteiger partial charge in [-0.2, -0.15) is 0 Å². The summed E-state index contributed by atoms with van der Waals surface area (Å²) in [7, 11) is 0. The molecule has 0 aromatic heterocycles. The first-order chi connectivity index (χ1) is 13.5. The average molecular weight is 386 g/mol. The summed E-state index contributed by atoms with van der Waals surface area (Å²) in [5.41, 5.74) is 1.67. The van der Waals surface area contributed by atoms with Crippen LogP contribution in [0.4, 0.5) is 0 Å². The molecular weight excluding hydrogens is 354 g/mol. The van der Waals surface area contributed by atoms with Gasteiger partial charge in [0, 0.05) is 37.7 Å². The van der Waals surface area contributed by atoms with Gasteiger partial charge < -0.3 is 15.1 Å². The van der Waals surface area contributed by atoms with Gasteiger partial charge >= 0.3 is 0 Å². The topological polar surface area (TPSA) is 69.7 Å². The third kappa shape index (κ3) is 4.54. The van der Waals surface area contributed by atoms with Crippen LogP contribution in [-0.4, -0.2) is 59.2 Å². The van der Waals surface area contributed by atoms with Gasteiger partial charge in [0.05, 0.1) is 0 Å². The monoisotopic (exact) mass is 385 g/mol. The van der Waals surface area contributed by atoms with Gasteiger partial charge in [0.15, 0.2) is 0 Å². The number of carbonyl (C=O) groups is 3. The summed E-state index contributed by atoms with van der Waals surface area (Å²) in [6, 6.07) is 7.34. The van der Waals surface area contributed by atoms with Crippen LogP contribution < -0.4 is 5.32 Å². The van der Waals surface area contributed by atoms with Crippen LogP contribution in [0.25, 0.3) is 0 Å². The molecule has 0 unspecified atom stereocenters. The maximum Gasteiger partial charge on any atom is 0.251 e. The highest BCUT2D eigenvalue weighted by molar-refractivity contribution is 5.95. The van der Waals surface area contributed by atoms with Crippen molar-refractivity contribution >= 4 is 17.7 Å². The molecule has 1 N–H and O–H groups in total. The number of aryl methyl sites for hydroxylation is 1. The molecular formula is C22H31N3O3. The van der Waals surface area contributed by atoms with Crippen LogP contribution in [0.2, 0.25) is 0 Å². The van der Waals surface area contributed by atoms with E-state index in [2.05, 4.69) is 5.32 Å². The van der Waals surface area contributed by atoms with Crippen molar-refractivity contribution in [1.82, 2.24) is 15.1 Å². The summed E-state index contributed by atoms with van der Waals surface area (Å²) >= 11 is 0. The Labute approximate surface area is 167 Å². The highest BCUT2D eigenvalue weighted by atomic mass is 16.2. The zero-order valence-corrected chi connectivity index (χ0v) is 16.9. The fourth-order valence-corrected chi connectivity index (χ4v) is 4.24. The van der Waals surface area contributed by atoms with Crippen LogP contribution in [0, 0.1) is 6.92 Å². The quantitative estimate of drug-likeness (QED) is 0.866. The predicted octanol–water partition coefficient (Wildman–Crippen LogP) is 2.51. The maximum absolute atomic E-state index is 13.0. The second kappa shape index (κ2) is 9.22. The van der Waals surface area contributed by atoms with Gasteiger partial charge in [-0.25, -0.2) is 0 Å². The fourth-order valence-electron chi connectivity index (χ4n) is 4.24. The Bertz CT molecular complexity index is 725. The second-order valence-corrected chi connectivity index (χ2v) is 7.84. The number of nitrogens with zero attached hydrogens (tertiary/aromatic N) is 2. The first-order valence-corrected chi connectivity index (χ1v) is 10.5. The van der Waals surface area contributed by atoms with E-state index >= 15 is 0 Å². The number of hydrogen-bond donors (Lipinski definition) is 1. The van der Waals surface area contributed by atoms with Gasteiger partial charge in [0.1, 0.15) is 6.04 Å². The molecule has 0 aliphatic carbocycles. The van der Waals surface area contributed by atoms with Crippen LogP contribution in [0.3, 0.4) is 0 Å². The number of benzene rings is 1. The Balaban J connectivity index is 1.54. The SMILES string of the molecule is CCC(=O)N1CCCC[C@@H]1C(=O)N1CCC(NC(=O)c2ccccc2C)CC1. The molecule has 2 heterocycles. The molecule has 0 spiro atoms. The van der Waals surface area contributed by atoms with E-state index in [0.717, 1.165) is 37.7 Å². The molecule has 28 heavy (non-hydrogen) atoms. The lowest BCUT2D eigenvalue weighted by molar-refractivity contribution is -0.148. The fraction of sp³-hybridized carbons (Fsp3) is 0.591. The van der Waals surface area contributed by atoms with Crippen LogP contribution in [-0.2, 0) is 9.59 Å². The molecule has 2 saturated heterocycles. The van der Waals surface area contributed by atoms with E-state index in [1.54, 1.807) is 4.90 Å². The van der Waals surface area contributed by atoms with Gasteiger partial charge in [-0.05, 0) is 50.7 Å². The summed E-state index contributed by atoms with van der Waals surface area (Å²) in [5, 5.41) is 3.11. The van der Waals surface area contributed by atoms with Gasteiger partial charge in [-0.1, -0.05) is 25.1 Å². The molecule has 0 saturated carbocycles. The largest absolute Gasteiger partial charge is 0.349 e. The first-order valence-electron chi connectivity index (χ1n) is 10.5. The second-order valence-electron chi connectivity index (χ2n) is 7.84. The lowest BCUT2D eigenvalue weighted by atomic mass is 9.98. The summed E-state index contributed by atoms with van der Waals surface area (Å²) in [6.45, 7) is 5.72. The molecule has 0 radical (unpaired) electrons. The minimum atomic E-state index is -0.306. The number of likely N-dealkylation sites (tertiary alicyclic amines) is 2. The summed E-state index contributed by atoms with van der Waals surface area (Å²) in [5.74, 6) is 0.0958. The van der Waals surface area contributed by atoms with Gasteiger partial charge in [0.2, 0.25) is 11.8 Å². The molecule has 1 atom stereocenters. The van der Waals surface area contributed by atoms with Crippen molar-refractivity contribution in [3.8, 4) is 0 Å². The Morgan fingerprint density at radius 1 is 1.04 bits per heavy atom. The van der Waals surface area contributed by atoms with Crippen molar-refractivity contribution in [2.45, 2.75) is 64.5 Å². The van der Waals surface area contributed by atoms with Gasteiger partial charge in [-0.15, -0.1) is 0 Å². The first kappa shape index (κ1) is 20.4. The molecule has 152 valence electrons. The van der Waals surface area contributed by atoms with Gasteiger partial charge in [-0.3, -0.25) is 14.4 Å². The molecule has 2 aliphatic rings. The molecule has 6 heteroatoms.